The number of rotatable bonds is 6. The minimum absolute atomic E-state index is 0.627. The van der Waals surface area contributed by atoms with Crippen molar-refractivity contribution >= 4 is 11.8 Å². The monoisotopic (exact) mass is 202 g/mol. The number of nitrogens with two attached hydrogens (primary N) is 1. The fraction of sp³-hybridized carbons (Fsp3) is 1.00. The SMILES string of the molecule is CSCC(C)N(C)C(CN)C1CC1. The van der Waals surface area contributed by atoms with Gasteiger partial charge in [0, 0.05) is 24.4 Å². The predicted molar refractivity (Wildman–Crippen MR) is 61.2 cm³/mol. The van der Waals surface area contributed by atoms with E-state index in [4.69, 9.17) is 5.73 Å². The van der Waals surface area contributed by atoms with Crippen LogP contribution in [0.2, 0.25) is 0 Å². The zero-order valence-corrected chi connectivity index (χ0v) is 9.81. The molecule has 1 fully saturated rings. The van der Waals surface area contributed by atoms with Gasteiger partial charge in [-0.05, 0) is 39.0 Å². The molecular weight excluding hydrogens is 180 g/mol. The molecule has 0 amide bonds. The highest BCUT2D eigenvalue weighted by Crippen LogP contribution is 2.35. The van der Waals surface area contributed by atoms with Crippen molar-refractivity contribution in [1.82, 2.24) is 4.90 Å². The lowest BCUT2D eigenvalue weighted by Crippen LogP contribution is -2.45. The summed E-state index contributed by atoms with van der Waals surface area (Å²) in [4.78, 5) is 2.47. The van der Waals surface area contributed by atoms with E-state index < -0.39 is 0 Å². The highest BCUT2D eigenvalue weighted by molar-refractivity contribution is 7.98. The van der Waals surface area contributed by atoms with Gasteiger partial charge in [0.05, 0.1) is 0 Å². The second kappa shape index (κ2) is 5.23. The summed E-state index contributed by atoms with van der Waals surface area (Å²) < 4.78 is 0. The maximum Gasteiger partial charge on any atom is 0.0246 e. The largest absolute Gasteiger partial charge is 0.329 e. The smallest absolute Gasteiger partial charge is 0.0246 e. The van der Waals surface area contributed by atoms with Crippen molar-refractivity contribution in [2.75, 3.05) is 25.6 Å². The van der Waals surface area contributed by atoms with Crippen molar-refractivity contribution in [3.63, 3.8) is 0 Å². The first-order valence-electron chi connectivity index (χ1n) is 5.11. The third-order valence-electron chi connectivity index (χ3n) is 3.03. The van der Waals surface area contributed by atoms with Gasteiger partial charge in [-0.3, -0.25) is 4.90 Å². The Morgan fingerprint density at radius 3 is 2.54 bits per heavy atom. The van der Waals surface area contributed by atoms with Crippen LogP contribution in [-0.4, -0.2) is 42.6 Å². The van der Waals surface area contributed by atoms with E-state index in [0.717, 1.165) is 12.5 Å². The van der Waals surface area contributed by atoms with E-state index in [1.165, 1.54) is 18.6 Å². The third kappa shape index (κ3) is 3.15. The van der Waals surface area contributed by atoms with Gasteiger partial charge in [-0.1, -0.05) is 0 Å². The molecule has 3 heteroatoms. The molecule has 0 aromatic carbocycles. The van der Waals surface area contributed by atoms with Gasteiger partial charge in [0.2, 0.25) is 0 Å². The summed E-state index contributed by atoms with van der Waals surface area (Å²) >= 11 is 1.92. The lowest BCUT2D eigenvalue weighted by atomic mass is 10.1. The van der Waals surface area contributed by atoms with Crippen LogP contribution >= 0.6 is 11.8 Å². The average Bonchev–Trinajstić information content (AvgIpc) is 2.90. The topological polar surface area (TPSA) is 29.3 Å². The maximum absolute atomic E-state index is 5.80. The van der Waals surface area contributed by atoms with Crippen LogP contribution in [0.5, 0.6) is 0 Å². The highest BCUT2D eigenvalue weighted by atomic mass is 32.2. The molecule has 1 aliphatic rings. The van der Waals surface area contributed by atoms with Gasteiger partial charge in [-0.2, -0.15) is 11.8 Å². The number of likely N-dealkylation sites (N-methyl/N-ethyl adjacent to an activating group) is 1. The molecule has 2 N–H and O–H groups in total. The number of thioether (sulfide) groups is 1. The molecule has 0 aliphatic heterocycles. The quantitative estimate of drug-likeness (QED) is 0.706. The molecule has 0 aromatic heterocycles. The number of nitrogens with zero attached hydrogens (tertiary/aromatic N) is 1. The Hall–Kier alpha value is 0.270. The van der Waals surface area contributed by atoms with Crippen LogP contribution in [0.15, 0.2) is 0 Å². The van der Waals surface area contributed by atoms with Crippen molar-refractivity contribution in [2.45, 2.75) is 31.8 Å². The lowest BCUT2D eigenvalue weighted by molar-refractivity contribution is 0.183. The van der Waals surface area contributed by atoms with E-state index in [9.17, 15) is 0 Å². The highest BCUT2D eigenvalue weighted by Gasteiger charge is 2.34. The summed E-state index contributed by atoms with van der Waals surface area (Å²) in [6, 6.07) is 1.28. The molecule has 0 saturated heterocycles. The first-order chi connectivity index (χ1) is 6.20. The van der Waals surface area contributed by atoms with Crippen molar-refractivity contribution in [2.24, 2.45) is 11.7 Å². The van der Waals surface area contributed by atoms with E-state index in [1.54, 1.807) is 0 Å². The summed E-state index contributed by atoms with van der Waals surface area (Å²) in [7, 11) is 2.22. The average molecular weight is 202 g/mol. The molecule has 1 saturated carbocycles. The van der Waals surface area contributed by atoms with Crippen molar-refractivity contribution < 1.29 is 0 Å². The molecule has 78 valence electrons. The molecule has 0 bridgehead atoms. The summed E-state index contributed by atoms with van der Waals surface area (Å²) in [6.45, 7) is 3.11. The molecular formula is C10H22N2S. The minimum atomic E-state index is 0.627. The van der Waals surface area contributed by atoms with Crippen LogP contribution in [0.3, 0.4) is 0 Å². The zero-order valence-electron chi connectivity index (χ0n) is 8.99. The van der Waals surface area contributed by atoms with Gasteiger partial charge in [0.15, 0.2) is 0 Å². The molecule has 0 radical (unpaired) electrons. The van der Waals surface area contributed by atoms with E-state index >= 15 is 0 Å². The van der Waals surface area contributed by atoms with Crippen LogP contribution in [0.1, 0.15) is 19.8 Å². The van der Waals surface area contributed by atoms with E-state index in [2.05, 4.69) is 25.1 Å². The number of hydrogen-bond acceptors (Lipinski definition) is 3. The molecule has 0 heterocycles. The molecule has 2 atom stereocenters. The Morgan fingerprint density at radius 2 is 2.15 bits per heavy atom. The molecule has 2 nitrogen and oxygen atoms in total. The predicted octanol–water partition coefficient (Wildman–Crippen LogP) is 1.41. The fourth-order valence-electron chi connectivity index (χ4n) is 1.86. The van der Waals surface area contributed by atoms with Crippen molar-refractivity contribution in [1.29, 1.82) is 0 Å². The standard InChI is InChI=1S/C10H22N2S/c1-8(7-13-3)12(2)10(6-11)9-4-5-9/h8-10H,4-7,11H2,1-3H3. The Morgan fingerprint density at radius 1 is 1.54 bits per heavy atom. The third-order valence-corrected chi connectivity index (χ3v) is 3.85. The van der Waals surface area contributed by atoms with Gasteiger partial charge in [-0.25, -0.2) is 0 Å². The summed E-state index contributed by atoms with van der Waals surface area (Å²) in [5.41, 5.74) is 5.80. The van der Waals surface area contributed by atoms with Gasteiger partial charge in [0.1, 0.15) is 0 Å². The van der Waals surface area contributed by atoms with Gasteiger partial charge >= 0.3 is 0 Å². The first-order valence-corrected chi connectivity index (χ1v) is 6.51. The Kier molecular flexibility index (Phi) is 4.56. The Balaban J connectivity index is 2.37. The lowest BCUT2D eigenvalue weighted by Gasteiger charge is -2.32. The van der Waals surface area contributed by atoms with Crippen LogP contribution in [0, 0.1) is 5.92 Å². The van der Waals surface area contributed by atoms with E-state index in [-0.39, 0.29) is 0 Å². The zero-order chi connectivity index (χ0) is 9.84. The second-order valence-corrected chi connectivity index (χ2v) is 5.02. The summed E-state index contributed by atoms with van der Waals surface area (Å²) in [5.74, 6) is 2.10. The minimum Gasteiger partial charge on any atom is -0.329 e. The van der Waals surface area contributed by atoms with Crippen molar-refractivity contribution in [3.05, 3.63) is 0 Å². The summed E-state index contributed by atoms with van der Waals surface area (Å²) in [5, 5.41) is 0. The molecule has 2 unspecified atom stereocenters. The van der Waals surface area contributed by atoms with Crippen LogP contribution in [-0.2, 0) is 0 Å². The van der Waals surface area contributed by atoms with Crippen LogP contribution < -0.4 is 5.73 Å². The normalized spacial score (nSPS) is 21.9. The maximum atomic E-state index is 5.80. The summed E-state index contributed by atoms with van der Waals surface area (Å²) in [6.07, 6.45) is 4.94. The second-order valence-electron chi connectivity index (χ2n) is 4.11. The Labute approximate surface area is 86.2 Å². The van der Waals surface area contributed by atoms with E-state index in [1.807, 2.05) is 11.8 Å². The fourth-order valence-corrected chi connectivity index (χ4v) is 2.58. The first kappa shape index (κ1) is 11.3. The molecule has 0 spiro atoms. The van der Waals surface area contributed by atoms with Crippen molar-refractivity contribution in [3.8, 4) is 0 Å². The van der Waals surface area contributed by atoms with Gasteiger partial charge in [0.25, 0.3) is 0 Å². The molecule has 1 rings (SSSR count). The molecule has 0 aromatic rings. The Bertz CT molecular complexity index is 148. The molecule has 13 heavy (non-hydrogen) atoms. The van der Waals surface area contributed by atoms with Gasteiger partial charge in [-0.15, -0.1) is 0 Å². The van der Waals surface area contributed by atoms with Crippen LogP contribution in [0.4, 0.5) is 0 Å². The molecule has 1 aliphatic carbocycles. The van der Waals surface area contributed by atoms with Gasteiger partial charge < -0.3 is 5.73 Å². The van der Waals surface area contributed by atoms with E-state index in [0.29, 0.717) is 12.1 Å². The number of hydrogen-bond donors (Lipinski definition) is 1. The van der Waals surface area contributed by atoms with Crippen LogP contribution in [0.25, 0.3) is 0 Å².